The Morgan fingerprint density at radius 3 is 2.41 bits per heavy atom. The van der Waals surface area contributed by atoms with Crippen molar-refractivity contribution < 1.29 is 9.53 Å². The third kappa shape index (κ3) is 4.90. The second-order valence-corrected chi connectivity index (χ2v) is 7.55. The van der Waals surface area contributed by atoms with Gasteiger partial charge in [-0.3, -0.25) is 4.79 Å². The lowest BCUT2D eigenvalue weighted by atomic mass is 10.1. The molecular weight excluding hydrogens is 384 g/mol. The average molecular weight is 407 g/mol. The molecule has 0 atom stereocenters. The summed E-state index contributed by atoms with van der Waals surface area (Å²) in [5.41, 5.74) is 3.38. The topological polar surface area (TPSA) is 41.6 Å². The van der Waals surface area contributed by atoms with Gasteiger partial charge >= 0.3 is 0 Å². The van der Waals surface area contributed by atoms with Gasteiger partial charge in [0.2, 0.25) is 0 Å². The van der Waals surface area contributed by atoms with Crippen LogP contribution in [0, 0.1) is 0 Å². The first kappa shape index (κ1) is 19.3. The van der Waals surface area contributed by atoms with Gasteiger partial charge < -0.3 is 15.0 Å². The minimum Gasteiger partial charge on any atom is -0.488 e. The van der Waals surface area contributed by atoms with Crippen molar-refractivity contribution in [1.82, 2.24) is 0 Å². The molecule has 0 saturated carbocycles. The lowest BCUT2D eigenvalue weighted by Crippen LogP contribution is -2.17. The quantitative estimate of drug-likeness (QED) is 0.564. The molecule has 3 aromatic carbocycles. The van der Waals surface area contributed by atoms with E-state index in [1.54, 1.807) is 18.2 Å². The monoisotopic (exact) mass is 406 g/mol. The molecule has 1 heterocycles. The van der Waals surface area contributed by atoms with Gasteiger partial charge in [0.25, 0.3) is 5.91 Å². The van der Waals surface area contributed by atoms with Crippen LogP contribution in [0.1, 0.15) is 28.8 Å². The number of hydrogen-bond donors (Lipinski definition) is 1. The van der Waals surface area contributed by atoms with Gasteiger partial charge in [0, 0.05) is 29.5 Å². The fourth-order valence-electron chi connectivity index (χ4n) is 3.47. The Morgan fingerprint density at radius 1 is 0.966 bits per heavy atom. The Labute approximate surface area is 176 Å². The largest absolute Gasteiger partial charge is 0.488 e. The Balaban J connectivity index is 1.46. The van der Waals surface area contributed by atoms with E-state index in [0.717, 1.165) is 24.3 Å². The van der Waals surface area contributed by atoms with E-state index >= 15 is 0 Å². The van der Waals surface area contributed by atoms with Gasteiger partial charge in [-0.2, -0.15) is 0 Å². The number of rotatable bonds is 6. The fourth-order valence-corrected chi connectivity index (χ4v) is 3.64. The highest BCUT2D eigenvalue weighted by atomic mass is 35.5. The van der Waals surface area contributed by atoms with Crippen LogP contribution in [-0.4, -0.2) is 19.0 Å². The SMILES string of the molecule is O=C(Nc1ccc(N2CCCC2)cc1)c1cc(Cl)ccc1OCc1ccccc1. The van der Waals surface area contributed by atoms with E-state index in [1.165, 1.54) is 18.5 Å². The number of anilines is 2. The van der Waals surface area contributed by atoms with Crippen molar-refractivity contribution in [3.63, 3.8) is 0 Å². The van der Waals surface area contributed by atoms with Crippen molar-refractivity contribution in [3.8, 4) is 5.75 Å². The second kappa shape index (κ2) is 9.01. The van der Waals surface area contributed by atoms with E-state index in [-0.39, 0.29) is 5.91 Å². The Kier molecular flexibility index (Phi) is 6.01. The number of carbonyl (C=O) groups is 1. The zero-order valence-corrected chi connectivity index (χ0v) is 16.9. The summed E-state index contributed by atoms with van der Waals surface area (Å²) < 4.78 is 5.90. The minimum absolute atomic E-state index is 0.246. The normalized spacial score (nSPS) is 13.3. The van der Waals surface area contributed by atoms with Crippen LogP contribution in [0.4, 0.5) is 11.4 Å². The molecule has 0 bridgehead atoms. The standard InChI is InChI=1S/C24H23ClN2O2/c25-19-8-13-23(29-17-18-6-2-1-3-7-18)22(16-19)24(28)26-20-9-11-21(12-10-20)27-14-4-5-15-27/h1-3,6-13,16H,4-5,14-15,17H2,(H,26,28). The summed E-state index contributed by atoms with van der Waals surface area (Å²) in [4.78, 5) is 15.2. The molecular formula is C24H23ClN2O2. The highest BCUT2D eigenvalue weighted by molar-refractivity contribution is 6.31. The van der Waals surface area contributed by atoms with Gasteiger partial charge in [-0.25, -0.2) is 0 Å². The number of hydrogen-bond acceptors (Lipinski definition) is 3. The fraction of sp³-hybridized carbons (Fsp3) is 0.208. The number of ether oxygens (including phenoxy) is 1. The van der Waals surface area contributed by atoms with Crippen molar-refractivity contribution >= 4 is 28.9 Å². The van der Waals surface area contributed by atoms with Crippen molar-refractivity contribution in [3.05, 3.63) is 88.9 Å². The summed E-state index contributed by atoms with van der Waals surface area (Å²) in [6.07, 6.45) is 2.47. The lowest BCUT2D eigenvalue weighted by molar-refractivity contribution is 0.102. The van der Waals surface area contributed by atoms with Gasteiger partial charge in [0.15, 0.2) is 0 Å². The van der Waals surface area contributed by atoms with Crippen LogP contribution >= 0.6 is 11.6 Å². The summed E-state index contributed by atoms with van der Waals surface area (Å²) in [6.45, 7) is 2.57. The summed E-state index contributed by atoms with van der Waals surface area (Å²) >= 11 is 6.13. The van der Waals surface area contributed by atoms with E-state index in [2.05, 4.69) is 10.2 Å². The predicted molar refractivity (Wildman–Crippen MR) is 118 cm³/mol. The number of halogens is 1. The van der Waals surface area contributed by atoms with Crippen molar-refractivity contribution in [2.45, 2.75) is 19.4 Å². The maximum absolute atomic E-state index is 12.9. The molecule has 1 amide bonds. The first-order valence-corrected chi connectivity index (χ1v) is 10.2. The van der Waals surface area contributed by atoms with Gasteiger partial charge in [-0.15, -0.1) is 0 Å². The van der Waals surface area contributed by atoms with Gasteiger partial charge in [-0.1, -0.05) is 41.9 Å². The van der Waals surface area contributed by atoms with Crippen molar-refractivity contribution in [2.24, 2.45) is 0 Å². The third-order valence-electron chi connectivity index (χ3n) is 5.02. The first-order chi connectivity index (χ1) is 14.2. The molecule has 1 aliphatic heterocycles. The Morgan fingerprint density at radius 2 is 1.69 bits per heavy atom. The first-order valence-electron chi connectivity index (χ1n) is 9.82. The Hall–Kier alpha value is -2.98. The smallest absolute Gasteiger partial charge is 0.259 e. The molecule has 148 valence electrons. The lowest BCUT2D eigenvalue weighted by Gasteiger charge is -2.18. The van der Waals surface area contributed by atoms with Crippen LogP contribution in [0.3, 0.4) is 0 Å². The molecule has 0 aliphatic carbocycles. The highest BCUT2D eigenvalue weighted by Crippen LogP contribution is 2.26. The van der Waals surface area contributed by atoms with E-state index in [4.69, 9.17) is 16.3 Å². The molecule has 4 nitrogen and oxygen atoms in total. The van der Waals surface area contributed by atoms with Crippen LogP contribution in [0.5, 0.6) is 5.75 Å². The van der Waals surface area contributed by atoms with E-state index < -0.39 is 0 Å². The van der Waals surface area contributed by atoms with Crippen LogP contribution in [0.15, 0.2) is 72.8 Å². The maximum Gasteiger partial charge on any atom is 0.259 e. The maximum atomic E-state index is 12.9. The van der Waals surface area contributed by atoms with Crippen LogP contribution in [-0.2, 0) is 6.61 Å². The number of benzene rings is 3. The van der Waals surface area contributed by atoms with Gasteiger partial charge in [0.05, 0.1) is 5.56 Å². The summed E-state index contributed by atoms with van der Waals surface area (Å²) in [5, 5.41) is 3.44. The molecule has 3 aromatic rings. The number of nitrogens with zero attached hydrogens (tertiary/aromatic N) is 1. The molecule has 0 aromatic heterocycles. The molecule has 29 heavy (non-hydrogen) atoms. The summed E-state index contributed by atoms with van der Waals surface area (Å²) in [5.74, 6) is 0.258. The summed E-state index contributed by atoms with van der Waals surface area (Å²) in [7, 11) is 0. The molecule has 4 rings (SSSR count). The molecule has 0 radical (unpaired) electrons. The average Bonchev–Trinajstić information content (AvgIpc) is 3.29. The second-order valence-electron chi connectivity index (χ2n) is 7.11. The van der Waals surface area contributed by atoms with E-state index in [9.17, 15) is 4.79 Å². The summed E-state index contributed by atoms with van der Waals surface area (Å²) in [6, 6.07) is 22.9. The molecule has 1 saturated heterocycles. The highest BCUT2D eigenvalue weighted by Gasteiger charge is 2.15. The van der Waals surface area contributed by atoms with Crippen molar-refractivity contribution in [2.75, 3.05) is 23.3 Å². The molecule has 0 spiro atoms. The van der Waals surface area contributed by atoms with Gasteiger partial charge in [-0.05, 0) is 60.9 Å². The van der Waals surface area contributed by atoms with Gasteiger partial charge in [0.1, 0.15) is 12.4 Å². The Bertz CT molecular complexity index is 968. The molecule has 1 fully saturated rings. The van der Waals surface area contributed by atoms with Crippen LogP contribution in [0.2, 0.25) is 5.02 Å². The molecule has 1 aliphatic rings. The number of amides is 1. The predicted octanol–water partition coefficient (Wildman–Crippen LogP) is 5.77. The van der Waals surface area contributed by atoms with Crippen LogP contribution < -0.4 is 15.0 Å². The number of nitrogens with one attached hydrogen (secondary N) is 1. The molecule has 1 N–H and O–H groups in total. The zero-order valence-electron chi connectivity index (χ0n) is 16.1. The zero-order chi connectivity index (χ0) is 20.1. The third-order valence-corrected chi connectivity index (χ3v) is 5.25. The van der Waals surface area contributed by atoms with Crippen LogP contribution in [0.25, 0.3) is 0 Å². The molecule has 5 heteroatoms. The minimum atomic E-state index is -0.246. The van der Waals surface area contributed by atoms with E-state index in [0.29, 0.717) is 22.9 Å². The molecule has 0 unspecified atom stereocenters. The van der Waals surface area contributed by atoms with E-state index in [1.807, 2.05) is 54.6 Å². The number of carbonyl (C=O) groups excluding carboxylic acids is 1. The van der Waals surface area contributed by atoms with Crippen molar-refractivity contribution in [1.29, 1.82) is 0 Å².